The summed E-state index contributed by atoms with van der Waals surface area (Å²) >= 11 is 0. The van der Waals surface area contributed by atoms with Gasteiger partial charge in [0.1, 0.15) is 0 Å². The molecule has 2 heterocycles. The summed E-state index contributed by atoms with van der Waals surface area (Å²) in [6.07, 6.45) is 5.53. The van der Waals surface area contributed by atoms with Gasteiger partial charge in [0, 0.05) is 27.0 Å². The first-order chi connectivity index (χ1) is 6.84. The predicted octanol–water partition coefficient (Wildman–Crippen LogP) is 3.15. The van der Waals surface area contributed by atoms with Crippen LogP contribution in [0.3, 0.4) is 0 Å². The summed E-state index contributed by atoms with van der Waals surface area (Å²) in [4.78, 5) is 0. The lowest BCUT2D eigenvalue weighted by Crippen LogP contribution is -2.45. The molecular formula is C9H15NS4. The molecule has 0 aromatic heterocycles. The third-order valence-electron chi connectivity index (χ3n) is 3.28. The van der Waals surface area contributed by atoms with Crippen molar-refractivity contribution in [3.63, 3.8) is 0 Å². The van der Waals surface area contributed by atoms with Gasteiger partial charge in [0.15, 0.2) is 0 Å². The largest absolute Gasteiger partial charge is 0.327 e. The second-order valence-electron chi connectivity index (χ2n) is 4.30. The smallest absolute Gasteiger partial charge is 0.0430 e. The molecule has 5 atom stereocenters. The van der Waals surface area contributed by atoms with Crippen LogP contribution in [0, 0.1) is 0 Å². The molecule has 1 aliphatic carbocycles. The van der Waals surface area contributed by atoms with E-state index in [0.29, 0.717) is 6.04 Å². The Balaban J connectivity index is 1.68. The summed E-state index contributed by atoms with van der Waals surface area (Å²) in [6, 6.07) is 0.463. The molecule has 1 nitrogen and oxygen atoms in total. The third kappa shape index (κ3) is 1.83. The molecule has 0 aromatic rings. The van der Waals surface area contributed by atoms with Gasteiger partial charge in [-0.05, 0) is 19.3 Å². The second-order valence-corrected chi connectivity index (χ2v) is 9.74. The number of rotatable bonds is 0. The quantitative estimate of drug-likeness (QED) is 0.679. The van der Waals surface area contributed by atoms with Gasteiger partial charge in [0.05, 0.1) is 0 Å². The lowest BCUT2D eigenvalue weighted by atomic mass is 10.0. The maximum atomic E-state index is 6.29. The minimum absolute atomic E-state index is 0.463. The molecular weight excluding hydrogens is 250 g/mol. The first-order valence-electron chi connectivity index (χ1n) is 5.24. The lowest BCUT2D eigenvalue weighted by Gasteiger charge is -2.40. The highest BCUT2D eigenvalue weighted by molar-refractivity contribution is 8.80. The lowest BCUT2D eigenvalue weighted by molar-refractivity contribution is 0.559. The Morgan fingerprint density at radius 1 is 0.857 bits per heavy atom. The molecule has 0 spiro atoms. The summed E-state index contributed by atoms with van der Waals surface area (Å²) in [7, 11) is 8.27. The van der Waals surface area contributed by atoms with Gasteiger partial charge in [-0.3, -0.25) is 0 Å². The average Bonchev–Trinajstić information content (AvgIpc) is 2.11. The molecule has 1 saturated carbocycles. The van der Waals surface area contributed by atoms with Crippen molar-refractivity contribution in [2.24, 2.45) is 5.73 Å². The van der Waals surface area contributed by atoms with Crippen LogP contribution in [0.15, 0.2) is 0 Å². The average molecular weight is 265 g/mol. The Bertz CT molecular complexity index is 225. The van der Waals surface area contributed by atoms with Crippen LogP contribution in [0.1, 0.15) is 25.7 Å². The van der Waals surface area contributed by atoms with Gasteiger partial charge in [-0.15, -0.1) is 0 Å². The van der Waals surface area contributed by atoms with E-state index in [1.54, 1.807) is 0 Å². The van der Waals surface area contributed by atoms with Crippen molar-refractivity contribution in [3.8, 4) is 0 Å². The molecule has 5 unspecified atom stereocenters. The molecule has 0 amide bonds. The molecule has 2 saturated heterocycles. The van der Waals surface area contributed by atoms with Crippen LogP contribution in [0.2, 0.25) is 0 Å². The van der Waals surface area contributed by atoms with Crippen LogP contribution in [0.5, 0.6) is 0 Å². The zero-order valence-electron chi connectivity index (χ0n) is 7.93. The van der Waals surface area contributed by atoms with Gasteiger partial charge in [-0.1, -0.05) is 49.6 Å². The standard InChI is InChI=1S/C9H15NS4/c10-5-4-8-6(11-13-8)2-1-3-7-9(5)14-12-7/h5-9H,1-4,10H2. The van der Waals surface area contributed by atoms with Crippen LogP contribution in [-0.4, -0.2) is 27.0 Å². The fourth-order valence-corrected chi connectivity index (χ4v) is 8.51. The summed E-state index contributed by atoms with van der Waals surface area (Å²) in [5.74, 6) is 0. The fraction of sp³-hybridized carbons (Fsp3) is 1.00. The molecule has 0 radical (unpaired) electrons. The van der Waals surface area contributed by atoms with E-state index in [1.807, 2.05) is 10.8 Å². The van der Waals surface area contributed by atoms with Crippen molar-refractivity contribution in [1.29, 1.82) is 0 Å². The Morgan fingerprint density at radius 3 is 2.21 bits per heavy atom. The minimum atomic E-state index is 0.463. The number of hydrogen-bond acceptors (Lipinski definition) is 5. The summed E-state index contributed by atoms with van der Waals surface area (Å²) < 4.78 is 0. The van der Waals surface area contributed by atoms with Crippen molar-refractivity contribution in [2.45, 2.75) is 52.7 Å². The van der Waals surface area contributed by atoms with Crippen LogP contribution in [-0.2, 0) is 0 Å². The molecule has 3 rings (SSSR count). The van der Waals surface area contributed by atoms with Gasteiger partial charge < -0.3 is 5.73 Å². The molecule has 14 heavy (non-hydrogen) atoms. The normalized spacial score (nSPS) is 52.5. The van der Waals surface area contributed by atoms with Crippen molar-refractivity contribution in [2.75, 3.05) is 0 Å². The van der Waals surface area contributed by atoms with Crippen molar-refractivity contribution in [1.82, 2.24) is 0 Å². The topological polar surface area (TPSA) is 26.0 Å². The summed E-state index contributed by atoms with van der Waals surface area (Å²) in [6.45, 7) is 0. The molecule has 2 N–H and O–H groups in total. The van der Waals surface area contributed by atoms with E-state index in [2.05, 4.69) is 32.4 Å². The zero-order chi connectivity index (χ0) is 9.54. The SMILES string of the molecule is NC1CC2SSC2CCCC2SSC12. The number of hydrogen-bond donors (Lipinski definition) is 1. The highest BCUT2D eigenvalue weighted by Crippen LogP contribution is 2.57. The Morgan fingerprint density at radius 2 is 1.57 bits per heavy atom. The summed E-state index contributed by atoms with van der Waals surface area (Å²) in [5.41, 5.74) is 6.29. The van der Waals surface area contributed by atoms with Crippen LogP contribution in [0.25, 0.3) is 0 Å². The van der Waals surface area contributed by atoms with E-state index in [0.717, 1.165) is 21.0 Å². The molecule has 0 bridgehead atoms. The van der Waals surface area contributed by atoms with Crippen LogP contribution < -0.4 is 5.73 Å². The van der Waals surface area contributed by atoms with Gasteiger partial charge in [0.25, 0.3) is 0 Å². The Labute approximate surface area is 101 Å². The molecule has 3 aliphatic rings. The fourth-order valence-electron chi connectivity index (χ4n) is 2.32. The first-order valence-corrected chi connectivity index (χ1v) is 9.79. The van der Waals surface area contributed by atoms with Crippen molar-refractivity contribution >= 4 is 43.2 Å². The van der Waals surface area contributed by atoms with Crippen LogP contribution in [0.4, 0.5) is 0 Å². The predicted molar refractivity (Wildman–Crippen MR) is 72.0 cm³/mol. The molecule has 80 valence electrons. The third-order valence-corrected chi connectivity index (χ3v) is 10.7. The monoisotopic (exact) mass is 265 g/mol. The molecule has 0 aromatic carbocycles. The number of nitrogens with two attached hydrogens (primary N) is 1. The van der Waals surface area contributed by atoms with E-state index >= 15 is 0 Å². The van der Waals surface area contributed by atoms with E-state index in [1.165, 1.54) is 25.7 Å². The minimum Gasteiger partial charge on any atom is -0.327 e. The van der Waals surface area contributed by atoms with Gasteiger partial charge in [-0.25, -0.2) is 0 Å². The summed E-state index contributed by atoms with van der Waals surface area (Å²) in [5, 5.41) is 3.45. The maximum absolute atomic E-state index is 6.29. The van der Waals surface area contributed by atoms with Gasteiger partial charge in [0.2, 0.25) is 0 Å². The van der Waals surface area contributed by atoms with Gasteiger partial charge in [-0.2, -0.15) is 0 Å². The Kier molecular flexibility index (Phi) is 3.24. The molecule has 3 fully saturated rings. The van der Waals surface area contributed by atoms with Crippen molar-refractivity contribution in [3.05, 3.63) is 0 Å². The molecule has 5 heteroatoms. The van der Waals surface area contributed by atoms with E-state index < -0.39 is 0 Å². The first kappa shape index (κ1) is 10.5. The number of fused-ring (bicyclic) bond motifs is 2. The van der Waals surface area contributed by atoms with E-state index in [4.69, 9.17) is 5.73 Å². The van der Waals surface area contributed by atoms with E-state index in [9.17, 15) is 0 Å². The van der Waals surface area contributed by atoms with Crippen LogP contribution >= 0.6 is 43.2 Å². The highest BCUT2D eigenvalue weighted by Gasteiger charge is 2.43. The van der Waals surface area contributed by atoms with Gasteiger partial charge >= 0.3 is 0 Å². The van der Waals surface area contributed by atoms with E-state index in [-0.39, 0.29) is 0 Å². The Hall–Kier alpha value is 1.36. The maximum Gasteiger partial charge on any atom is 0.0430 e. The second kappa shape index (κ2) is 4.32. The zero-order valence-corrected chi connectivity index (χ0v) is 11.2. The molecule has 2 aliphatic heterocycles. The van der Waals surface area contributed by atoms with Crippen molar-refractivity contribution < 1.29 is 0 Å². The highest BCUT2D eigenvalue weighted by atomic mass is 33.1.